The second-order valence-electron chi connectivity index (χ2n) is 6.18. The number of rotatable bonds is 6. The van der Waals surface area contributed by atoms with Gasteiger partial charge in [-0.2, -0.15) is 0 Å². The Morgan fingerprint density at radius 1 is 1.24 bits per heavy atom. The molecule has 4 nitrogen and oxygen atoms in total. The molecule has 1 fully saturated rings. The molecule has 1 saturated carbocycles. The van der Waals surface area contributed by atoms with Crippen molar-refractivity contribution in [2.75, 3.05) is 6.54 Å². The maximum absolute atomic E-state index is 12.5. The maximum atomic E-state index is 12.5. The molecule has 0 aliphatic heterocycles. The Morgan fingerprint density at radius 3 is 2.29 bits per heavy atom. The van der Waals surface area contributed by atoms with E-state index in [2.05, 4.69) is 18.6 Å². The summed E-state index contributed by atoms with van der Waals surface area (Å²) < 4.78 is 27.9. The molecule has 0 heterocycles. The van der Waals surface area contributed by atoms with E-state index in [9.17, 15) is 8.42 Å². The molecule has 2 rings (SSSR count). The molecule has 1 atom stereocenters. The van der Waals surface area contributed by atoms with Crippen LogP contribution in [0, 0.1) is 0 Å². The number of nitrogens with one attached hydrogen (secondary N) is 1. The van der Waals surface area contributed by atoms with Gasteiger partial charge in [-0.1, -0.05) is 38.8 Å². The van der Waals surface area contributed by atoms with Gasteiger partial charge in [0.1, 0.15) is 0 Å². The van der Waals surface area contributed by atoms with Crippen molar-refractivity contribution in [1.82, 2.24) is 4.72 Å². The Hall–Kier alpha value is -0.910. The summed E-state index contributed by atoms with van der Waals surface area (Å²) in [4.78, 5) is 0.328. The van der Waals surface area contributed by atoms with Crippen molar-refractivity contribution in [1.29, 1.82) is 0 Å². The normalized spacial score (nSPS) is 19.6. The van der Waals surface area contributed by atoms with Gasteiger partial charge in [0.25, 0.3) is 0 Å². The van der Waals surface area contributed by atoms with Crippen LogP contribution in [0.2, 0.25) is 0 Å². The van der Waals surface area contributed by atoms with Crippen molar-refractivity contribution >= 4 is 10.0 Å². The van der Waals surface area contributed by atoms with Crippen molar-refractivity contribution < 1.29 is 8.42 Å². The maximum Gasteiger partial charge on any atom is 0.241 e. The van der Waals surface area contributed by atoms with Crippen molar-refractivity contribution in [3.63, 3.8) is 0 Å². The summed E-state index contributed by atoms with van der Waals surface area (Å²) in [6.07, 6.45) is 4.77. The highest BCUT2D eigenvalue weighted by Gasteiger charge is 2.36. The first kappa shape index (κ1) is 16.5. The summed E-state index contributed by atoms with van der Waals surface area (Å²) >= 11 is 0. The highest BCUT2D eigenvalue weighted by molar-refractivity contribution is 7.89. The minimum absolute atomic E-state index is 0.328. The molecule has 0 aromatic heterocycles. The molecular formula is C16H26N2O2S. The minimum Gasteiger partial charge on any atom is -0.329 e. The van der Waals surface area contributed by atoms with Crippen LogP contribution in [-0.4, -0.2) is 20.5 Å². The average molecular weight is 310 g/mol. The molecule has 21 heavy (non-hydrogen) atoms. The van der Waals surface area contributed by atoms with Crippen molar-refractivity contribution in [2.24, 2.45) is 5.73 Å². The fraction of sp³-hybridized carbons (Fsp3) is 0.625. The molecule has 1 aliphatic carbocycles. The lowest BCUT2D eigenvalue weighted by atomic mass is 9.99. The monoisotopic (exact) mass is 310 g/mol. The van der Waals surface area contributed by atoms with E-state index in [-0.39, 0.29) is 0 Å². The Morgan fingerprint density at radius 2 is 1.81 bits per heavy atom. The lowest BCUT2D eigenvalue weighted by Gasteiger charge is -2.28. The van der Waals surface area contributed by atoms with E-state index < -0.39 is 15.6 Å². The molecule has 1 aliphatic rings. The second-order valence-corrected chi connectivity index (χ2v) is 7.86. The SMILES string of the molecule is CCC(C)c1ccc(S(=O)(=O)NC2(CN)CCCC2)cc1. The average Bonchev–Trinajstić information content (AvgIpc) is 2.95. The molecular weight excluding hydrogens is 284 g/mol. The molecule has 1 unspecified atom stereocenters. The Balaban J connectivity index is 2.19. The predicted molar refractivity (Wildman–Crippen MR) is 85.7 cm³/mol. The topological polar surface area (TPSA) is 72.2 Å². The highest BCUT2D eigenvalue weighted by atomic mass is 32.2. The number of nitrogens with two attached hydrogens (primary N) is 1. The van der Waals surface area contributed by atoms with Crippen LogP contribution < -0.4 is 10.5 Å². The number of hydrogen-bond acceptors (Lipinski definition) is 3. The van der Waals surface area contributed by atoms with Crippen molar-refractivity contribution in [3.8, 4) is 0 Å². The van der Waals surface area contributed by atoms with Gasteiger partial charge in [-0.3, -0.25) is 0 Å². The van der Waals surface area contributed by atoms with Gasteiger partial charge in [-0.25, -0.2) is 13.1 Å². The summed E-state index contributed by atoms with van der Waals surface area (Å²) in [5.41, 5.74) is 6.53. The van der Waals surface area contributed by atoms with Gasteiger partial charge in [-0.15, -0.1) is 0 Å². The Labute approximate surface area is 128 Å². The van der Waals surface area contributed by atoms with Crippen LogP contribution in [0.4, 0.5) is 0 Å². The zero-order chi connectivity index (χ0) is 15.5. The summed E-state index contributed by atoms with van der Waals surface area (Å²) in [7, 11) is -3.49. The predicted octanol–water partition coefficient (Wildman–Crippen LogP) is 2.75. The lowest BCUT2D eigenvalue weighted by Crippen LogP contribution is -2.51. The summed E-state index contributed by atoms with van der Waals surface area (Å²) in [5, 5.41) is 0. The third kappa shape index (κ3) is 3.65. The number of hydrogen-bond donors (Lipinski definition) is 2. The molecule has 5 heteroatoms. The van der Waals surface area contributed by atoms with E-state index in [1.54, 1.807) is 12.1 Å². The van der Waals surface area contributed by atoms with Crippen LogP contribution >= 0.6 is 0 Å². The van der Waals surface area contributed by atoms with Crippen LogP contribution in [-0.2, 0) is 10.0 Å². The van der Waals surface area contributed by atoms with Crippen LogP contribution in [0.3, 0.4) is 0 Å². The quantitative estimate of drug-likeness (QED) is 0.848. The van der Waals surface area contributed by atoms with E-state index in [0.29, 0.717) is 17.4 Å². The van der Waals surface area contributed by atoms with E-state index in [1.165, 1.54) is 5.56 Å². The first-order valence-electron chi connectivity index (χ1n) is 7.76. The second kappa shape index (κ2) is 6.46. The fourth-order valence-electron chi connectivity index (χ4n) is 2.95. The summed E-state index contributed by atoms with van der Waals surface area (Å²) in [5.74, 6) is 0.444. The Bertz CT molecular complexity index is 560. The standard InChI is InChI=1S/C16H26N2O2S/c1-3-13(2)14-6-8-15(9-7-14)21(19,20)18-16(12-17)10-4-5-11-16/h6-9,13,18H,3-5,10-12,17H2,1-2H3. The van der Waals surface area contributed by atoms with Crippen molar-refractivity contribution in [3.05, 3.63) is 29.8 Å². The van der Waals surface area contributed by atoms with Crippen molar-refractivity contribution in [2.45, 2.75) is 62.3 Å². The van der Waals surface area contributed by atoms with E-state index >= 15 is 0 Å². The van der Waals surface area contributed by atoms with Gasteiger partial charge in [-0.05, 0) is 42.9 Å². The third-order valence-corrected chi connectivity index (χ3v) is 6.27. The molecule has 1 aromatic rings. The first-order valence-corrected chi connectivity index (χ1v) is 9.25. The van der Waals surface area contributed by atoms with E-state index in [1.807, 2.05) is 12.1 Å². The molecule has 0 saturated heterocycles. The summed E-state index contributed by atoms with van der Waals surface area (Å²) in [6, 6.07) is 7.21. The van der Waals surface area contributed by atoms with Gasteiger partial charge in [0.2, 0.25) is 10.0 Å². The van der Waals surface area contributed by atoms with Gasteiger partial charge in [0.05, 0.1) is 4.90 Å². The zero-order valence-corrected chi connectivity index (χ0v) is 13.7. The van der Waals surface area contributed by atoms with Gasteiger partial charge < -0.3 is 5.73 Å². The van der Waals surface area contributed by atoms with E-state index in [0.717, 1.165) is 32.1 Å². The number of sulfonamides is 1. The van der Waals surface area contributed by atoms with Gasteiger partial charge in [0, 0.05) is 12.1 Å². The minimum atomic E-state index is -3.49. The molecule has 1 aromatic carbocycles. The number of benzene rings is 1. The molecule has 0 bridgehead atoms. The van der Waals surface area contributed by atoms with Crippen LogP contribution in [0.25, 0.3) is 0 Å². The van der Waals surface area contributed by atoms with Gasteiger partial charge >= 0.3 is 0 Å². The molecule has 3 N–H and O–H groups in total. The summed E-state index contributed by atoms with van der Waals surface area (Å²) in [6.45, 7) is 4.63. The lowest BCUT2D eigenvalue weighted by molar-refractivity contribution is 0.399. The van der Waals surface area contributed by atoms with Crippen LogP contribution in [0.5, 0.6) is 0 Å². The first-order chi connectivity index (χ1) is 9.92. The molecule has 0 spiro atoms. The smallest absolute Gasteiger partial charge is 0.241 e. The third-order valence-electron chi connectivity index (χ3n) is 4.67. The van der Waals surface area contributed by atoms with Crippen LogP contribution in [0.15, 0.2) is 29.2 Å². The Kier molecular flexibility index (Phi) is 5.07. The largest absolute Gasteiger partial charge is 0.329 e. The van der Waals surface area contributed by atoms with Crippen LogP contribution in [0.1, 0.15) is 57.4 Å². The molecule has 0 amide bonds. The zero-order valence-electron chi connectivity index (χ0n) is 12.9. The molecule has 0 radical (unpaired) electrons. The fourth-order valence-corrected chi connectivity index (χ4v) is 4.42. The van der Waals surface area contributed by atoms with Gasteiger partial charge in [0.15, 0.2) is 0 Å². The van der Waals surface area contributed by atoms with E-state index in [4.69, 9.17) is 5.73 Å². The molecule has 118 valence electrons. The highest BCUT2D eigenvalue weighted by Crippen LogP contribution is 2.30.